The minimum absolute atomic E-state index is 0.0110. The molecule has 0 unspecified atom stereocenters. The molecule has 4 rings (SSSR count). The number of morpholine rings is 1. The number of nitrogens with zero attached hydrogens (tertiary/aromatic N) is 2. The van der Waals surface area contributed by atoms with Gasteiger partial charge >= 0.3 is 6.03 Å². The third-order valence-electron chi connectivity index (χ3n) is 5.31. The van der Waals surface area contributed by atoms with Crippen LogP contribution in [0.5, 0.6) is 11.5 Å². The van der Waals surface area contributed by atoms with Gasteiger partial charge in [0.15, 0.2) is 0 Å². The Bertz CT molecular complexity index is 1100. The van der Waals surface area contributed by atoms with Crippen LogP contribution < -0.4 is 26.0 Å². The molecule has 0 radical (unpaired) electrons. The maximum atomic E-state index is 12.8. The van der Waals surface area contributed by atoms with E-state index in [0.29, 0.717) is 36.0 Å². The molecule has 0 saturated carbocycles. The Morgan fingerprint density at radius 3 is 2.50 bits per heavy atom. The Kier molecular flexibility index (Phi) is 7.56. The van der Waals surface area contributed by atoms with Crippen molar-refractivity contribution in [3.63, 3.8) is 0 Å². The Morgan fingerprint density at radius 2 is 1.79 bits per heavy atom. The van der Waals surface area contributed by atoms with Crippen LogP contribution in [0.4, 0.5) is 16.3 Å². The minimum atomic E-state index is -0.719. The molecule has 0 spiro atoms. The van der Waals surface area contributed by atoms with Gasteiger partial charge in [-0.1, -0.05) is 30.3 Å². The molecule has 9 nitrogen and oxygen atoms in total. The van der Waals surface area contributed by atoms with Crippen LogP contribution in [-0.4, -0.2) is 43.2 Å². The van der Waals surface area contributed by atoms with Gasteiger partial charge in [0.1, 0.15) is 17.3 Å². The average molecular weight is 462 g/mol. The van der Waals surface area contributed by atoms with Crippen molar-refractivity contribution in [2.75, 3.05) is 36.5 Å². The van der Waals surface area contributed by atoms with Crippen LogP contribution in [-0.2, 0) is 9.53 Å². The van der Waals surface area contributed by atoms with Crippen molar-refractivity contribution in [2.24, 2.45) is 5.73 Å². The highest BCUT2D eigenvalue weighted by molar-refractivity contribution is 5.91. The van der Waals surface area contributed by atoms with Crippen LogP contribution in [0.25, 0.3) is 0 Å². The van der Waals surface area contributed by atoms with Gasteiger partial charge in [0.05, 0.1) is 37.6 Å². The standard InChI is InChI=1S/C25H27N5O4/c26-25(32)29-22(18-5-4-8-21(15-18)34-20-6-2-1-3-7-20)16-24(31)28-19-9-10-23(27-17-19)30-11-13-33-14-12-30/h1-10,15,17,22H,11-14,16H2,(H,28,31)(H3,26,29,32)/t22-/m1/s1. The molecule has 34 heavy (non-hydrogen) atoms. The molecule has 1 saturated heterocycles. The Morgan fingerprint density at radius 1 is 1.03 bits per heavy atom. The predicted octanol–water partition coefficient (Wildman–Crippen LogP) is 3.45. The van der Waals surface area contributed by atoms with Gasteiger partial charge in [-0.2, -0.15) is 0 Å². The van der Waals surface area contributed by atoms with Gasteiger partial charge in [-0.3, -0.25) is 4.79 Å². The number of benzene rings is 2. The van der Waals surface area contributed by atoms with E-state index < -0.39 is 12.1 Å². The molecule has 176 valence electrons. The number of nitrogens with two attached hydrogens (primary N) is 1. The molecule has 9 heteroatoms. The molecule has 1 fully saturated rings. The number of ether oxygens (including phenoxy) is 2. The number of primary amides is 1. The zero-order chi connectivity index (χ0) is 23.8. The fourth-order valence-electron chi connectivity index (χ4n) is 3.68. The van der Waals surface area contributed by atoms with Crippen LogP contribution in [0.2, 0.25) is 0 Å². The number of nitrogens with one attached hydrogen (secondary N) is 2. The molecule has 1 aliphatic rings. The summed E-state index contributed by atoms with van der Waals surface area (Å²) >= 11 is 0. The molecule has 3 amide bonds. The molecule has 1 aliphatic heterocycles. The van der Waals surface area contributed by atoms with Gasteiger partial charge < -0.3 is 30.7 Å². The van der Waals surface area contributed by atoms with Crippen molar-refractivity contribution in [3.8, 4) is 11.5 Å². The summed E-state index contributed by atoms with van der Waals surface area (Å²) in [6, 6.07) is 18.9. The largest absolute Gasteiger partial charge is 0.457 e. The lowest BCUT2D eigenvalue weighted by molar-refractivity contribution is -0.116. The van der Waals surface area contributed by atoms with Crippen molar-refractivity contribution >= 4 is 23.4 Å². The Labute approximate surface area is 197 Å². The second-order valence-corrected chi connectivity index (χ2v) is 7.81. The first-order chi connectivity index (χ1) is 16.6. The smallest absolute Gasteiger partial charge is 0.312 e. The van der Waals surface area contributed by atoms with Crippen molar-refractivity contribution in [1.29, 1.82) is 0 Å². The van der Waals surface area contributed by atoms with Crippen LogP contribution in [0.15, 0.2) is 72.9 Å². The molecule has 2 aromatic carbocycles. The van der Waals surface area contributed by atoms with Crippen molar-refractivity contribution in [1.82, 2.24) is 10.3 Å². The summed E-state index contributed by atoms with van der Waals surface area (Å²) < 4.78 is 11.2. The van der Waals surface area contributed by atoms with E-state index >= 15 is 0 Å². The van der Waals surface area contributed by atoms with Crippen molar-refractivity contribution in [3.05, 3.63) is 78.5 Å². The minimum Gasteiger partial charge on any atom is -0.457 e. The van der Waals surface area contributed by atoms with E-state index in [0.717, 1.165) is 18.9 Å². The maximum Gasteiger partial charge on any atom is 0.312 e. The molecule has 0 bridgehead atoms. The normalized spacial score (nSPS) is 14.2. The second kappa shape index (κ2) is 11.2. The maximum absolute atomic E-state index is 12.8. The van der Waals surface area contributed by atoms with E-state index in [4.69, 9.17) is 15.2 Å². The number of carbonyl (C=O) groups is 2. The number of amides is 3. The third kappa shape index (κ3) is 6.46. The Balaban J connectivity index is 1.41. The molecule has 4 N–H and O–H groups in total. The summed E-state index contributed by atoms with van der Waals surface area (Å²) in [6.45, 7) is 2.91. The molecular weight excluding hydrogens is 434 g/mol. The van der Waals surface area contributed by atoms with Crippen LogP contribution in [0, 0.1) is 0 Å². The monoisotopic (exact) mass is 461 g/mol. The lowest BCUT2D eigenvalue weighted by atomic mass is 10.0. The van der Waals surface area contributed by atoms with Gasteiger partial charge in [0.25, 0.3) is 0 Å². The topological polar surface area (TPSA) is 119 Å². The van der Waals surface area contributed by atoms with Crippen molar-refractivity contribution in [2.45, 2.75) is 12.5 Å². The van der Waals surface area contributed by atoms with E-state index in [2.05, 4.69) is 20.5 Å². The van der Waals surface area contributed by atoms with E-state index in [1.165, 1.54) is 0 Å². The molecule has 0 aliphatic carbocycles. The zero-order valence-corrected chi connectivity index (χ0v) is 18.6. The van der Waals surface area contributed by atoms with E-state index in [9.17, 15) is 9.59 Å². The molecule has 1 atom stereocenters. The van der Waals surface area contributed by atoms with Gasteiger partial charge in [-0.15, -0.1) is 0 Å². The van der Waals surface area contributed by atoms with Gasteiger partial charge in [0.2, 0.25) is 5.91 Å². The summed E-state index contributed by atoms with van der Waals surface area (Å²) in [6.07, 6.45) is 1.61. The number of para-hydroxylation sites is 1. The predicted molar refractivity (Wildman–Crippen MR) is 129 cm³/mol. The first-order valence-electron chi connectivity index (χ1n) is 11.0. The van der Waals surface area contributed by atoms with Crippen LogP contribution >= 0.6 is 0 Å². The fraction of sp³-hybridized carbons (Fsp3) is 0.240. The van der Waals surface area contributed by atoms with E-state index in [-0.39, 0.29) is 12.3 Å². The summed E-state index contributed by atoms with van der Waals surface area (Å²) in [4.78, 5) is 30.9. The highest BCUT2D eigenvalue weighted by Crippen LogP contribution is 2.26. The Hall–Kier alpha value is -4.11. The number of hydrogen-bond donors (Lipinski definition) is 3. The molecule has 3 aromatic rings. The summed E-state index contributed by atoms with van der Waals surface area (Å²) in [5.41, 5.74) is 6.64. The van der Waals surface area contributed by atoms with Crippen LogP contribution in [0.3, 0.4) is 0 Å². The zero-order valence-electron chi connectivity index (χ0n) is 18.6. The fourth-order valence-corrected chi connectivity index (χ4v) is 3.68. The first-order valence-corrected chi connectivity index (χ1v) is 11.0. The number of pyridine rings is 1. The molecular formula is C25H27N5O4. The number of rotatable bonds is 8. The lowest BCUT2D eigenvalue weighted by Gasteiger charge is -2.27. The number of aromatic nitrogens is 1. The number of urea groups is 1. The van der Waals surface area contributed by atoms with Crippen LogP contribution in [0.1, 0.15) is 18.0 Å². The SMILES string of the molecule is NC(=O)N[C@H](CC(=O)Nc1ccc(N2CCOCC2)nc1)c1cccc(Oc2ccccc2)c1. The second-order valence-electron chi connectivity index (χ2n) is 7.81. The van der Waals surface area contributed by atoms with Gasteiger partial charge in [0, 0.05) is 13.1 Å². The summed E-state index contributed by atoms with van der Waals surface area (Å²) in [7, 11) is 0. The number of carbonyl (C=O) groups excluding carboxylic acids is 2. The summed E-state index contributed by atoms with van der Waals surface area (Å²) in [5, 5.41) is 5.48. The lowest BCUT2D eigenvalue weighted by Crippen LogP contribution is -2.36. The molecule has 1 aromatic heterocycles. The van der Waals surface area contributed by atoms with Gasteiger partial charge in [-0.05, 0) is 42.0 Å². The highest BCUT2D eigenvalue weighted by Gasteiger charge is 2.19. The average Bonchev–Trinajstić information content (AvgIpc) is 2.85. The highest BCUT2D eigenvalue weighted by atomic mass is 16.5. The summed E-state index contributed by atoms with van der Waals surface area (Å²) in [5.74, 6) is 1.83. The number of anilines is 2. The quantitative estimate of drug-likeness (QED) is 0.473. The third-order valence-corrected chi connectivity index (χ3v) is 5.31. The van der Waals surface area contributed by atoms with E-state index in [1.54, 1.807) is 30.5 Å². The number of hydrogen-bond acceptors (Lipinski definition) is 6. The van der Waals surface area contributed by atoms with E-state index in [1.807, 2.05) is 42.5 Å². The van der Waals surface area contributed by atoms with Crippen molar-refractivity contribution < 1.29 is 19.1 Å². The molecule has 2 heterocycles. The first kappa shape index (κ1) is 23.1. The van der Waals surface area contributed by atoms with Gasteiger partial charge in [-0.25, -0.2) is 9.78 Å².